The van der Waals surface area contributed by atoms with E-state index in [-0.39, 0.29) is 36.8 Å². The van der Waals surface area contributed by atoms with E-state index in [2.05, 4.69) is 17.6 Å². The molecule has 0 aliphatic carbocycles. The first-order valence-corrected chi connectivity index (χ1v) is 6.54. The molecule has 0 spiro atoms. The van der Waals surface area contributed by atoms with Crippen LogP contribution in [0.5, 0.6) is 5.75 Å². The summed E-state index contributed by atoms with van der Waals surface area (Å²) < 4.78 is 18.0. The van der Waals surface area contributed by atoms with Gasteiger partial charge in [0, 0.05) is 12.1 Å². The van der Waals surface area contributed by atoms with E-state index < -0.39 is 0 Å². The summed E-state index contributed by atoms with van der Waals surface area (Å²) in [5.41, 5.74) is 0. The molecular formula is C14H20ClFN2O2. The number of piperidine rings is 1. The van der Waals surface area contributed by atoms with E-state index in [0.717, 1.165) is 19.4 Å². The zero-order valence-electron chi connectivity index (χ0n) is 11.4. The van der Waals surface area contributed by atoms with Crippen LogP contribution in [-0.2, 0) is 4.79 Å². The Bertz CT molecular complexity index is 428. The van der Waals surface area contributed by atoms with Gasteiger partial charge in [-0.2, -0.15) is 0 Å². The summed E-state index contributed by atoms with van der Waals surface area (Å²) in [7, 11) is 0. The van der Waals surface area contributed by atoms with E-state index in [1.807, 2.05) is 0 Å². The van der Waals surface area contributed by atoms with E-state index in [0.29, 0.717) is 11.8 Å². The van der Waals surface area contributed by atoms with Crippen LogP contribution >= 0.6 is 12.4 Å². The molecule has 1 fully saturated rings. The lowest BCUT2D eigenvalue weighted by atomic mass is 10.0. The number of hydrogen-bond acceptors (Lipinski definition) is 3. The number of benzene rings is 1. The molecule has 2 unspecified atom stereocenters. The molecule has 20 heavy (non-hydrogen) atoms. The molecule has 2 atom stereocenters. The molecule has 1 amide bonds. The number of nitrogens with one attached hydrogen (secondary N) is 2. The van der Waals surface area contributed by atoms with Crippen molar-refractivity contribution in [3.63, 3.8) is 0 Å². The molecule has 1 aromatic rings. The maximum Gasteiger partial charge on any atom is 0.258 e. The van der Waals surface area contributed by atoms with Gasteiger partial charge in [-0.15, -0.1) is 12.4 Å². The smallest absolute Gasteiger partial charge is 0.258 e. The van der Waals surface area contributed by atoms with Crippen molar-refractivity contribution in [2.75, 3.05) is 13.2 Å². The summed E-state index contributed by atoms with van der Waals surface area (Å²) in [6.45, 7) is 2.99. The minimum Gasteiger partial charge on any atom is -0.484 e. The van der Waals surface area contributed by atoms with Crippen LogP contribution in [0, 0.1) is 5.82 Å². The maximum atomic E-state index is 12.7. The van der Waals surface area contributed by atoms with Crippen LogP contribution in [0.1, 0.15) is 19.8 Å². The van der Waals surface area contributed by atoms with Crippen molar-refractivity contribution < 1.29 is 13.9 Å². The molecule has 0 aromatic heterocycles. The molecule has 0 saturated carbocycles. The largest absolute Gasteiger partial charge is 0.484 e. The van der Waals surface area contributed by atoms with Crippen molar-refractivity contribution in [3.8, 4) is 5.75 Å². The third kappa shape index (κ3) is 5.35. The van der Waals surface area contributed by atoms with Crippen LogP contribution in [0.15, 0.2) is 24.3 Å². The van der Waals surface area contributed by atoms with E-state index in [4.69, 9.17) is 4.74 Å². The van der Waals surface area contributed by atoms with Gasteiger partial charge in [0.1, 0.15) is 11.6 Å². The van der Waals surface area contributed by atoms with Crippen molar-refractivity contribution >= 4 is 18.3 Å². The van der Waals surface area contributed by atoms with Gasteiger partial charge in [-0.3, -0.25) is 4.79 Å². The predicted octanol–water partition coefficient (Wildman–Crippen LogP) is 1.88. The fourth-order valence-corrected chi connectivity index (χ4v) is 2.21. The Kier molecular flexibility index (Phi) is 6.75. The van der Waals surface area contributed by atoms with E-state index in [9.17, 15) is 9.18 Å². The van der Waals surface area contributed by atoms with Crippen molar-refractivity contribution in [1.82, 2.24) is 10.6 Å². The van der Waals surface area contributed by atoms with Crippen LogP contribution < -0.4 is 15.4 Å². The molecule has 1 aromatic carbocycles. The monoisotopic (exact) mass is 302 g/mol. The zero-order chi connectivity index (χ0) is 13.7. The van der Waals surface area contributed by atoms with Crippen LogP contribution in [-0.4, -0.2) is 31.1 Å². The number of hydrogen-bond donors (Lipinski definition) is 2. The van der Waals surface area contributed by atoms with E-state index >= 15 is 0 Å². The second-order valence-corrected chi connectivity index (χ2v) is 4.89. The quantitative estimate of drug-likeness (QED) is 0.893. The highest BCUT2D eigenvalue weighted by atomic mass is 35.5. The Hall–Kier alpha value is -1.33. The average molecular weight is 303 g/mol. The maximum absolute atomic E-state index is 12.7. The van der Waals surface area contributed by atoms with Crippen molar-refractivity contribution in [1.29, 1.82) is 0 Å². The predicted molar refractivity (Wildman–Crippen MR) is 77.8 cm³/mol. The van der Waals surface area contributed by atoms with Gasteiger partial charge in [0.25, 0.3) is 5.91 Å². The summed E-state index contributed by atoms with van der Waals surface area (Å²) in [6.07, 6.45) is 1.87. The van der Waals surface area contributed by atoms with Crippen LogP contribution in [0.4, 0.5) is 4.39 Å². The molecule has 1 saturated heterocycles. The molecule has 0 bridgehead atoms. The highest BCUT2D eigenvalue weighted by Gasteiger charge is 2.19. The first-order valence-electron chi connectivity index (χ1n) is 6.54. The van der Waals surface area contributed by atoms with Crippen LogP contribution in [0.25, 0.3) is 0 Å². The molecule has 112 valence electrons. The third-order valence-corrected chi connectivity index (χ3v) is 3.17. The molecule has 2 N–H and O–H groups in total. The second-order valence-electron chi connectivity index (χ2n) is 4.89. The summed E-state index contributed by atoms with van der Waals surface area (Å²) in [5, 5.41) is 6.28. The molecule has 6 heteroatoms. The minimum atomic E-state index is -0.319. The summed E-state index contributed by atoms with van der Waals surface area (Å²) in [6, 6.07) is 6.27. The van der Waals surface area contributed by atoms with Crippen molar-refractivity contribution in [2.24, 2.45) is 0 Å². The van der Waals surface area contributed by atoms with Crippen molar-refractivity contribution in [2.45, 2.75) is 31.8 Å². The third-order valence-electron chi connectivity index (χ3n) is 3.17. The molecule has 4 nitrogen and oxygen atoms in total. The van der Waals surface area contributed by atoms with Crippen molar-refractivity contribution in [3.05, 3.63) is 30.1 Å². The molecular weight excluding hydrogens is 283 g/mol. The molecule has 0 radical (unpaired) electrons. The lowest BCUT2D eigenvalue weighted by molar-refractivity contribution is -0.124. The van der Waals surface area contributed by atoms with Gasteiger partial charge in [0.15, 0.2) is 6.61 Å². The second kappa shape index (κ2) is 8.07. The number of carbonyl (C=O) groups is 1. The Labute approximate surface area is 124 Å². The Morgan fingerprint density at radius 3 is 2.80 bits per heavy atom. The van der Waals surface area contributed by atoms with Crippen LogP contribution in [0.3, 0.4) is 0 Å². The molecule has 1 heterocycles. The number of rotatable bonds is 4. The Morgan fingerprint density at radius 2 is 2.15 bits per heavy atom. The first kappa shape index (κ1) is 16.7. The molecule has 1 aliphatic rings. The zero-order valence-corrected chi connectivity index (χ0v) is 12.2. The van der Waals surface area contributed by atoms with Crippen LogP contribution in [0.2, 0.25) is 0 Å². The molecule has 2 rings (SSSR count). The molecule has 1 aliphatic heterocycles. The summed E-state index contributed by atoms with van der Waals surface area (Å²) in [5.74, 6) is 0.0409. The summed E-state index contributed by atoms with van der Waals surface area (Å²) >= 11 is 0. The number of amides is 1. The van der Waals surface area contributed by atoms with Gasteiger partial charge in [-0.05, 0) is 50.6 Å². The Balaban J connectivity index is 0.00000200. The summed E-state index contributed by atoms with van der Waals surface area (Å²) in [4.78, 5) is 11.7. The first-order chi connectivity index (χ1) is 9.13. The van der Waals surface area contributed by atoms with Gasteiger partial charge >= 0.3 is 0 Å². The SMILES string of the molecule is CC1CC(NC(=O)COc2ccc(F)cc2)CCN1.Cl. The van der Waals surface area contributed by atoms with Gasteiger partial charge in [-0.25, -0.2) is 4.39 Å². The van der Waals surface area contributed by atoms with Gasteiger partial charge in [0.2, 0.25) is 0 Å². The minimum absolute atomic E-state index is 0. The lowest BCUT2D eigenvalue weighted by Gasteiger charge is -2.28. The Morgan fingerprint density at radius 1 is 1.45 bits per heavy atom. The van der Waals surface area contributed by atoms with Gasteiger partial charge in [-0.1, -0.05) is 0 Å². The topological polar surface area (TPSA) is 50.4 Å². The highest BCUT2D eigenvalue weighted by Crippen LogP contribution is 2.11. The standard InChI is InChI=1S/C14H19FN2O2.ClH/c1-10-8-12(6-7-16-10)17-14(18)9-19-13-4-2-11(15)3-5-13;/h2-5,10,12,16H,6-9H2,1H3,(H,17,18);1H. The number of halogens is 2. The number of carbonyl (C=O) groups excluding carboxylic acids is 1. The normalized spacial score (nSPS) is 21.7. The van der Waals surface area contributed by atoms with E-state index in [1.54, 1.807) is 0 Å². The van der Waals surface area contributed by atoms with Gasteiger partial charge in [0.05, 0.1) is 0 Å². The fourth-order valence-electron chi connectivity index (χ4n) is 2.21. The van der Waals surface area contributed by atoms with Gasteiger partial charge < -0.3 is 15.4 Å². The fraction of sp³-hybridized carbons (Fsp3) is 0.500. The average Bonchev–Trinajstić information content (AvgIpc) is 2.38. The highest BCUT2D eigenvalue weighted by molar-refractivity contribution is 5.85. The number of ether oxygens (including phenoxy) is 1. The van der Waals surface area contributed by atoms with E-state index in [1.165, 1.54) is 24.3 Å². The lowest BCUT2D eigenvalue weighted by Crippen LogP contribution is -2.47.